The Morgan fingerprint density at radius 1 is 1.08 bits per heavy atom. The highest BCUT2D eigenvalue weighted by Gasteiger charge is 2.23. The van der Waals surface area contributed by atoms with Crippen LogP contribution in [0.25, 0.3) is 17.1 Å². The van der Waals surface area contributed by atoms with Crippen molar-refractivity contribution in [3.8, 4) is 22.8 Å². The minimum Gasteiger partial charge on any atom is -0.491 e. The average molecular weight is 524 g/mol. The number of hydrogen-bond donors (Lipinski definition) is 0. The second kappa shape index (κ2) is 10.3. The van der Waals surface area contributed by atoms with Crippen molar-refractivity contribution in [2.45, 2.75) is 45.4 Å². The summed E-state index contributed by atoms with van der Waals surface area (Å²) in [5.41, 5.74) is 2.92. The minimum atomic E-state index is -0.756. The summed E-state index contributed by atoms with van der Waals surface area (Å²) in [7, 11) is 0. The van der Waals surface area contributed by atoms with Gasteiger partial charge in [0.25, 0.3) is 5.56 Å². The zero-order valence-corrected chi connectivity index (χ0v) is 21.1. The molecule has 0 aliphatic heterocycles. The van der Waals surface area contributed by atoms with Crippen LogP contribution in [0.4, 0.5) is 8.78 Å². The third-order valence-electron chi connectivity index (χ3n) is 6.50. The molecule has 4 aromatic rings. The number of aryl methyl sites for hydroxylation is 2. The van der Waals surface area contributed by atoms with Gasteiger partial charge in [0.2, 0.25) is 0 Å². The van der Waals surface area contributed by atoms with E-state index in [1.165, 1.54) is 11.0 Å². The lowest BCUT2D eigenvalue weighted by Crippen LogP contribution is -2.23. The Bertz CT molecular complexity index is 1540. The van der Waals surface area contributed by atoms with Gasteiger partial charge in [-0.2, -0.15) is 0 Å². The van der Waals surface area contributed by atoms with Crippen molar-refractivity contribution >= 4 is 11.6 Å². The number of nitrogens with zero attached hydrogens (tertiary/aromatic N) is 5. The normalized spacial score (nSPS) is 13.4. The van der Waals surface area contributed by atoms with E-state index in [-0.39, 0.29) is 29.5 Å². The molecule has 10 heteroatoms. The molecule has 0 spiro atoms. The molecule has 1 aliphatic carbocycles. The molecule has 1 fully saturated rings. The van der Waals surface area contributed by atoms with Crippen molar-refractivity contribution in [2.24, 2.45) is 0 Å². The zero-order chi connectivity index (χ0) is 26.1. The summed E-state index contributed by atoms with van der Waals surface area (Å²) in [6, 6.07) is 6.04. The minimum absolute atomic E-state index is 0.00758. The monoisotopic (exact) mass is 523 g/mol. The Morgan fingerprint density at radius 3 is 2.62 bits per heavy atom. The highest BCUT2D eigenvalue weighted by Crippen LogP contribution is 2.35. The second-order valence-electron chi connectivity index (χ2n) is 9.07. The van der Waals surface area contributed by atoms with Crippen LogP contribution < -0.4 is 10.3 Å². The van der Waals surface area contributed by atoms with Gasteiger partial charge in [-0.05, 0) is 44.4 Å². The fourth-order valence-corrected chi connectivity index (χ4v) is 4.44. The molecule has 7 nitrogen and oxygen atoms in total. The maximum Gasteiger partial charge on any atom is 0.277 e. The van der Waals surface area contributed by atoms with E-state index >= 15 is 0 Å². The molecule has 4 aromatic heterocycles. The van der Waals surface area contributed by atoms with E-state index in [1.807, 2.05) is 19.1 Å². The molecule has 0 saturated heterocycles. The van der Waals surface area contributed by atoms with Crippen LogP contribution in [0.15, 0.2) is 47.7 Å². The number of halogens is 3. The van der Waals surface area contributed by atoms with Crippen LogP contribution in [0.3, 0.4) is 0 Å². The Balaban J connectivity index is 1.42. The van der Waals surface area contributed by atoms with Crippen molar-refractivity contribution in [2.75, 3.05) is 6.61 Å². The quantitative estimate of drug-likeness (QED) is 0.317. The molecule has 0 N–H and O–H groups in total. The van der Waals surface area contributed by atoms with Crippen molar-refractivity contribution < 1.29 is 13.5 Å². The Hall–Kier alpha value is -3.72. The van der Waals surface area contributed by atoms with Crippen molar-refractivity contribution in [1.82, 2.24) is 24.5 Å². The van der Waals surface area contributed by atoms with Gasteiger partial charge in [0.1, 0.15) is 28.2 Å². The van der Waals surface area contributed by atoms with E-state index in [4.69, 9.17) is 21.3 Å². The first kappa shape index (κ1) is 25.0. The van der Waals surface area contributed by atoms with Crippen molar-refractivity contribution in [3.63, 3.8) is 0 Å². The lowest BCUT2D eigenvalue weighted by Gasteiger charge is -2.23. The largest absolute Gasteiger partial charge is 0.491 e. The van der Waals surface area contributed by atoms with Crippen LogP contribution in [0.5, 0.6) is 5.75 Å². The molecule has 0 unspecified atom stereocenters. The topological polar surface area (TPSA) is 82.8 Å². The van der Waals surface area contributed by atoms with Gasteiger partial charge in [-0.25, -0.2) is 18.7 Å². The molecule has 5 rings (SSSR count). The van der Waals surface area contributed by atoms with E-state index in [1.54, 1.807) is 25.4 Å². The second-order valence-corrected chi connectivity index (χ2v) is 9.45. The van der Waals surface area contributed by atoms with E-state index in [0.29, 0.717) is 28.7 Å². The molecule has 0 bridgehead atoms. The standard InChI is InChI=1S/C27H24ClF2N5O2/c1-15-13-32-22(21-6-8-31-26(34-21)17-4-3-5-17)12-23(15)35-16(2)10-24(25(28)27(35)36)37-9-7-20-19(30)11-18(29)14-33-20/h6,8,10-14,17H,3-5,7,9H2,1-2H3. The molecule has 0 aromatic carbocycles. The van der Waals surface area contributed by atoms with Crippen LogP contribution in [0.2, 0.25) is 5.02 Å². The SMILES string of the molecule is Cc1cnc(-c2ccnc(C3CCC3)n2)cc1-n1c(C)cc(OCCc2ncc(F)cc2F)c(Cl)c1=O. The third kappa shape index (κ3) is 5.09. The maximum atomic E-state index is 13.8. The molecule has 190 valence electrons. The summed E-state index contributed by atoms with van der Waals surface area (Å²) >= 11 is 6.41. The van der Waals surface area contributed by atoms with Crippen LogP contribution >= 0.6 is 11.6 Å². The molecule has 0 amide bonds. The van der Waals surface area contributed by atoms with Crippen molar-refractivity contribution in [1.29, 1.82) is 0 Å². The molecule has 4 heterocycles. The molecular formula is C27H24ClF2N5O2. The van der Waals surface area contributed by atoms with Gasteiger partial charge in [-0.15, -0.1) is 0 Å². The van der Waals surface area contributed by atoms with E-state index in [2.05, 4.69) is 15.0 Å². The lowest BCUT2D eigenvalue weighted by atomic mass is 9.85. The van der Waals surface area contributed by atoms with E-state index in [9.17, 15) is 13.6 Å². The predicted octanol–water partition coefficient (Wildman–Crippen LogP) is 5.52. The predicted molar refractivity (Wildman–Crippen MR) is 135 cm³/mol. The van der Waals surface area contributed by atoms with E-state index < -0.39 is 17.2 Å². The van der Waals surface area contributed by atoms with Gasteiger partial charge >= 0.3 is 0 Å². The summed E-state index contributed by atoms with van der Waals surface area (Å²) < 4.78 is 34.1. The van der Waals surface area contributed by atoms with Crippen LogP contribution in [0.1, 0.15) is 48.0 Å². The molecule has 1 aliphatic rings. The fraction of sp³-hybridized carbons (Fsp3) is 0.296. The average Bonchev–Trinajstić information content (AvgIpc) is 2.84. The number of pyridine rings is 3. The summed E-state index contributed by atoms with van der Waals surface area (Å²) in [4.78, 5) is 30.7. The highest BCUT2D eigenvalue weighted by molar-refractivity contribution is 6.31. The summed E-state index contributed by atoms with van der Waals surface area (Å²) in [6.45, 7) is 3.64. The van der Waals surface area contributed by atoms with Gasteiger partial charge in [0, 0.05) is 42.6 Å². The Morgan fingerprint density at radius 2 is 1.89 bits per heavy atom. The molecular weight excluding hydrogens is 500 g/mol. The lowest BCUT2D eigenvalue weighted by molar-refractivity contribution is 0.316. The fourth-order valence-electron chi connectivity index (χ4n) is 4.24. The molecule has 0 radical (unpaired) electrons. The number of hydrogen-bond acceptors (Lipinski definition) is 6. The summed E-state index contributed by atoms with van der Waals surface area (Å²) in [5.74, 6) is -0.125. The Labute approximate surface area is 217 Å². The van der Waals surface area contributed by atoms with Crippen LogP contribution in [0, 0.1) is 25.5 Å². The number of ether oxygens (including phenoxy) is 1. The third-order valence-corrected chi connectivity index (χ3v) is 6.85. The first-order chi connectivity index (χ1) is 17.8. The van der Waals surface area contributed by atoms with Gasteiger partial charge < -0.3 is 4.74 Å². The number of aromatic nitrogens is 5. The van der Waals surface area contributed by atoms with Crippen molar-refractivity contribution in [3.05, 3.63) is 92.6 Å². The number of rotatable bonds is 7. The zero-order valence-electron chi connectivity index (χ0n) is 20.3. The maximum absolute atomic E-state index is 13.8. The smallest absolute Gasteiger partial charge is 0.277 e. The Kier molecular flexibility index (Phi) is 6.97. The van der Waals surface area contributed by atoms with Gasteiger partial charge in [0.15, 0.2) is 0 Å². The molecule has 37 heavy (non-hydrogen) atoms. The highest BCUT2D eigenvalue weighted by atomic mass is 35.5. The van der Waals surface area contributed by atoms with Crippen LogP contribution in [-0.2, 0) is 6.42 Å². The molecule has 1 saturated carbocycles. The van der Waals surface area contributed by atoms with Gasteiger partial charge in [-0.1, -0.05) is 18.0 Å². The van der Waals surface area contributed by atoms with Gasteiger partial charge in [-0.3, -0.25) is 19.3 Å². The molecule has 0 atom stereocenters. The van der Waals surface area contributed by atoms with Gasteiger partial charge in [0.05, 0.1) is 35.6 Å². The summed E-state index contributed by atoms with van der Waals surface area (Å²) in [6.07, 6.45) is 7.83. The summed E-state index contributed by atoms with van der Waals surface area (Å²) in [5, 5.41) is -0.106. The van der Waals surface area contributed by atoms with E-state index in [0.717, 1.165) is 36.5 Å². The first-order valence-corrected chi connectivity index (χ1v) is 12.3. The first-order valence-electron chi connectivity index (χ1n) is 12.0. The van der Waals surface area contributed by atoms with Crippen LogP contribution in [-0.4, -0.2) is 31.1 Å².